The molecule has 0 aromatic carbocycles. The number of hydrogen-bond acceptors (Lipinski definition) is 2. The summed E-state index contributed by atoms with van der Waals surface area (Å²) in [6.45, 7) is 6.20. The van der Waals surface area contributed by atoms with Crippen molar-refractivity contribution < 1.29 is 4.79 Å². The van der Waals surface area contributed by atoms with Crippen LogP contribution in [-0.2, 0) is 0 Å². The van der Waals surface area contributed by atoms with Crippen LogP contribution in [0.25, 0.3) is 0 Å². The molecule has 3 nitrogen and oxygen atoms in total. The Balaban J connectivity index is 2.04. The number of likely N-dealkylation sites (tertiary alicyclic amines) is 1. The minimum atomic E-state index is 0.0742. The van der Waals surface area contributed by atoms with E-state index in [2.05, 4.69) is 18.8 Å². The van der Waals surface area contributed by atoms with E-state index in [1.807, 2.05) is 4.90 Å². The molecule has 1 saturated heterocycles. The summed E-state index contributed by atoms with van der Waals surface area (Å²) in [6, 6.07) is 3.38. The fourth-order valence-electron chi connectivity index (χ4n) is 2.86. The third-order valence-electron chi connectivity index (χ3n) is 4.58. The van der Waals surface area contributed by atoms with Gasteiger partial charge in [0.1, 0.15) is 5.15 Å². The lowest BCUT2D eigenvalue weighted by Crippen LogP contribution is -2.42. The molecule has 104 valence electrons. The first-order valence-corrected chi connectivity index (χ1v) is 7.39. The van der Waals surface area contributed by atoms with Gasteiger partial charge < -0.3 is 4.90 Å². The van der Waals surface area contributed by atoms with Crippen molar-refractivity contribution in [3.05, 3.63) is 29.0 Å². The lowest BCUT2D eigenvalue weighted by atomic mass is 9.74. The van der Waals surface area contributed by atoms with Gasteiger partial charge in [0.25, 0.3) is 5.91 Å². The van der Waals surface area contributed by atoms with Crippen molar-refractivity contribution in [2.24, 2.45) is 5.41 Å². The van der Waals surface area contributed by atoms with E-state index in [0.29, 0.717) is 16.1 Å². The highest BCUT2D eigenvalue weighted by atomic mass is 35.5. The predicted octanol–water partition coefficient (Wildman–Crippen LogP) is 3.78. The Morgan fingerprint density at radius 1 is 1.37 bits per heavy atom. The number of carbonyl (C=O) groups is 1. The predicted molar refractivity (Wildman–Crippen MR) is 77.4 cm³/mol. The summed E-state index contributed by atoms with van der Waals surface area (Å²) in [5.74, 6) is 0.0742. The number of halogens is 1. The first kappa shape index (κ1) is 14.3. The molecule has 1 aliphatic rings. The van der Waals surface area contributed by atoms with E-state index in [0.717, 1.165) is 25.9 Å². The average Bonchev–Trinajstić information content (AvgIpc) is 2.46. The van der Waals surface area contributed by atoms with Crippen molar-refractivity contribution in [2.75, 3.05) is 13.1 Å². The van der Waals surface area contributed by atoms with Gasteiger partial charge in [-0.05, 0) is 30.4 Å². The molecule has 0 spiro atoms. The highest BCUT2D eigenvalue weighted by Crippen LogP contribution is 2.38. The van der Waals surface area contributed by atoms with Crippen LogP contribution in [0, 0.1) is 5.41 Å². The Morgan fingerprint density at radius 3 is 2.53 bits per heavy atom. The molecule has 1 aliphatic heterocycles. The molecule has 0 unspecified atom stereocenters. The highest BCUT2D eigenvalue weighted by Gasteiger charge is 2.33. The quantitative estimate of drug-likeness (QED) is 0.790. The maximum Gasteiger partial charge on any atom is 0.254 e. The normalized spacial score (nSPS) is 18.4. The first-order valence-electron chi connectivity index (χ1n) is 7.01. The molecule has 0 bridgehead atoms. The molecule has 1 aromatic rings. The Morgan fingerprint density at radius 2 is 2.00 bits per heavy atom. The van der Waals surface area contributed by atoms with Gasteiger partial charge in [-0.2, -0.15) is 0 Å². The summed E-state index contributed by atoms with van der Waals surface area (Å²) in [4.78, 5) is 18.2. The Hall–Kier alpha value is -1.09. The summed E-state index contributed by atoms with van der Waals surface area (Å²) in [6.07, 6.45) is 6.19. The maximum absolute atomic E-state index is 12.4. The van der Waals surface area contributed by atoms with Crippen molar-refractivity contribution in [1.82, 2.24) is 9.88 Å². The van der Waals surface area contributed by atoms with E-state index in [-0.39, 0.29) is 5.91 Å². The van der Waals surface area contributed by atoms with Gasteiger partial charge >= 0.3 is 0 Å². The molecular formula is C15H21ClN2O. The fourth-order valence-corrected chi connectivity index (χ4v) is 3.03. The molecule has 4 heteroatoms. The minimum absolute atomic E-state index is 0.0742. The molecule has 0 atom stereocenters. The van der Waals surface area contributed by atoms with Gasteiger partial charge in [-0.15, -0.1) is 0 Å². The topological polar surface area (TPSA) is 33.2 Å². The standard InChI is InChI=1S/C15H21ClN2O/c1-3-15(4-2)6-9-18(10-7-15)14(19)12-5-8-17-13(16)11-12/h5,8,11H,3-4,6-7,9-10H2,1-2H3. The van der Waals surface area contributed by atoms with Gasteiger partial charge in [-0.1, -0.05) is 38.3 Å². The third kappa shape index (κ3) is 3.08. The van der Waals surface area contributed by atoms with Crippen molar-refractivity contribution in [1.29, 1.82) is 0 Å². The second kappa shape index (κ2) is 5.91. The van der Waals surface area contributed by atoms with Gasteiger partial charge in [0, 0.05) is 24.8 Å². The second-order valence-electron chi connectivity index (χ2n) is 5.37. The number of aromatic nitrogens is 1. The molecular weight excluding hydrogens is 260 g/mol. The summed E-state index contributed by atoms with van der Waals surface area (Å²) in [5, 5.41) is 0.374. The first-order chi connectivity index (χ1) is 9.10. The Kier molecular flexibility index (Phi) is 4.46. The average molecular weight is 281 g/mol. The number of rotatable bonds is 3. The van der Waals surface area contributed by atoms with Gasteiger partial charge in [-0.25, -0.2) is 4.98 Å². The van der Waals surface area contributed by atoms with Gasteiger partial charge in [0.15, 0.2) is 0 Å². The molecule has 1 aromatic heterocycles. The summed E-state index contributed by atoms with van der Waals surface area (Å²) >= 11 is 5.84. The van der Waals surface area contributed by atoms with Crippen LogP contribution in [0.15, 0.2) is 18.3 Å². The highest BCUT2D eigenvalue weighted by molar-refractivity contribution is 6.29. The molecule has 0 saturated carbocycles. The van der Waals surface area contributed by atoms with Gasteiger partial charge in [-0.3, -0.25) is 4.79 Å². The van der Waals surface area contributed by atoms with E-state index < -0.39 is 0 Å². The number of nitrogens with zero attached hydrogens (tertiary/aromatic N) is 2. The number of hydrogen-bond donors (Lipinski definition) is 0. The van der Waals surface area contributed by atoms with E-state index >= 15 is 0 Å². The lowest BCUT2D eigenvalue weighted by molar-refractivity contribution is 0.0557. The summed E-state index contributed by atoms with van der Waals surface area (Å²) in [5.41, 5.74) is 1.08. The van der Waals surface area contributed by atoms with Crippen molar-refractivity contribution >= 4 is 17.5 Å². The fraction of sp³-hybridized carbons (Fsp3) is 0.600. The van der Waals surface area contributed by atoms with Crippen LogP contribution in [0.2, 0.25) is 5.15 Å². The number of amides is 1. The number of piperidine rings is 1. The van der Waals surface area contributed by atoms with Crippen LogP contribution in [0.4, 0.5) is 0 Å². The van der Waals surface area contributed by atoms with Crippen LogP contribution < -0.4 is 0 Å². The molecule has 19 heavy (non-hydrogen) atoms. The molecule has 1 fully saturated rings. The van der Waals surface area contributed by atoms with E-state index in [4.69, 9.17) is 11.6 Å². The van der Waals surface area contributed by atoms with Crippen molar-refractivity contribution in [2.45, 2.75) is 39.5 Å². The summed E-state index contributed by atoms with van der Waals surface area (Å²) < 4.78 is 0. The third-order valence-corrected chi connectivity index (χ3v) is 4.79. The molecule has 0 aliphatic carbocycles. The van der Waals surface area contributed by atoms with E-state index in [1.54, 1.807) is 18.3 Å². The Labute approximate surface area is 120 Å². The molecule has 1 amide bonds. The van der Waals surface area contributed by atoms with Crippen molar-refractivity contribution in [3.63, 3.8) is 0 Å². The van der Waals surface area contributed by atoms with Crippen LogP contribution >= 0.6 is 11.6 Å². The Bertz CT molecular complexity index is 447. The van der Waals surface area contributed by atoms with Crippen LogP contribution in [0.5, 0.6) is 0 Å². The second-order valence-corrected chi connectivity index (χ2v) is 5.75. The van der Waals surface area contributed by atoms with Crippen molar-refractivity contribution in [3.8, 4) is 0 Å². The zero-order valence-corrected chi connectivity index (χ0v) is 12.4. The van der Waals surface area contributed by atoms with E-state index in [9.17, 15) is 4.79 Å². The monoisotopic (exact) mass is 280 g/mol. The largest absolute Gasteiger partial charge is 0.339 e. The lowest BCUT2D eigenvalue weighted by Gasteiger charge is -2.41. The maximum atomic E-state index is 12.4. The zero-order valence-electron chi connectivity index (χ0n) is 11.7. The minimum Gasteiger partial charge on any atom is -0.339 e. The zero-order chi connectivity index (χ0) is 13.9. The summed E-state index contributed by atoms with van der Waals surface area (Å²) in [7, 11) is 0. The molecule has 2 rings (SSSR count). The van der Waals surface area contributed by atoms with Gasteiger partial charge in [0.2, 0.25) is 0 Å². The number of pyridine rings is 1. The van der Waals surface area contributed by atoms with Crippen LogP contribution in [0.3, 0.4) is 0 Å². The van der Waals surface area contributed by atoms with Gasteiger partial charge in [0.05, 0.1) is 0 Å². The van der Waals surface area contributed by atoms with E-state index in [1.165, 1.54) is 12.8 Å². The smallest absolute Gasteiger partial charge is 0.254 e. The van der Waals surface area contributed by atoms with Crippen LogP contribution in [-0.4, -0.2) is 28.9 Å². The van der Waals surface area contributed by atoms with Crippen LogP contribution in [0.1, 0.15) is 49.9 Å². The molecule has 2 heterocycles. The SMILES string of the molecule is CCC1(CC)CCN(C(=O)c2ccnc(Cl)c2)CC1. The number of carbonyl (C=O) groups excluding carboxylic acids is 1. The molecule has 0 N–H and O–H groups in total. The molecule has 0 radical (unpaired) electrons.